The van der Waals surface area contributed by atoms with E-state index in [-0.39, 0.29) is 22.2 Å². The van der Waals surface area contributed by atoms with Gasteiger partial charge in [-0.1, -0.05) is 41.3 Å². The topological polar surface area (TPSA) is 92.9 Å². The number of aliphatic hydroxyl groups excluding tert-OH is 1. The maximum absolute atomic E-state index is 13.1. The Balaban J connectivity index is 1.86. The summed E-state index contributed by atoms with van der Waals surface area (Å²) in [7, 11) is 0. The highest BCUT2D eigenvalue weighted by Gasteiger charge is 2.48. The first-order chi connectivity index (χ1) is 15.8. The predicted octanol–water partition coefficient (Wildman–Crippen LogP) is 5.70. The molecule has 0 unspecified atom stereocenters. The summed E-state index contributed by atoms with van der Waals surface area (Å²) in [6, 6.07) is 11.9. The molecule has 0 saturated carbocycles. The maximum Gasteiger partial charge on any atom is 0.301 e. The average molecular weight is 487 g/mol. The van der Waals surface area contributed by atoms with Crippen LogP contribution in [0, 0.1) is 6.92 Å². The van der Waals surface area contributed by atoms with Crippen molar-refractivity contribution in [3.8, 4) is 5.75 Å². The monoisotopic (exact) mass is 486 g/mol. The molecule has 1 N–H and O–H groups in total. The molecule has 1 aromatic heterocycles. The summed E-state index contributed by atoms with van der Waals surface area (Å²) in [6.45, 7) is 4.23. The van der Waals surface area contributed by atoms with Crippen LogP contribution in [-0.4, -0.2) is 28.6 Å². The minimum atomic E-state index is -0.986. The van der Waals surface area contributed by atoms with Crippen molar-refractivity contribution in [2.75, 3.05) is 11.5 Å². The van der Waals surface area contributed by atoms with Crippen molar-refractivity contribution >= 4 is 46.5 Å². The first-order valence-corrected chi connectivity index (χ1v) is 11.0. The summed E-state index contributed by atoms with van der Waals surface area (Å²) in [4.78, 5) is 27.3. The van der Waals surface area contributed by atoms with E-state index in [0.717, 1.165) is 6.42 Å². The van der Waals surface area contributed by atoms with Gasteiger partial charge in [0.05, 0.1) is 28.3 Å². The molecule has 9 heteroatoms. The molecule has 1 atom stereocenters. The van der Waals surface area contributed by atoms with Gasteiger partial charge in [0.25, 0.3) is 5.78 Å². The van der Waals surface area contributed by atoms with Crippen molar-refractivity contribution < 1.29 is 24.0 Å². The van der Waals surface area contributed by atoms with E-state index in [1.165, 1.54) is 11.0 Å². The molecule has 0 spiro atoms. The first kappa shape index (κ1) is 22.9. The van der Waals surface area contributed by atoms with Crippen molar-refractivity contribution in [2.24, 2.45) is 0 Å². The SMILES string of the molecule is CCCOc1ccc(C(O)=C2C(=O)C(=O)N(c3cc(C)on3)[C@H]2c2ccc(Cl)c(Cl)c2)cc1. The maximum atomic E-state index is 13.1. The molecule has 1 saturated heterocycles. The van der Waals surface area contributed by atoms with E-state index in [0.29, 0.717) is 34.3 Å². The van der Waals surface area contributed by atoms with Crippen LogP contribution in [-0.2, 0) is 9.59 Å². The molecule has 2 aromatic carbocycles. The Kier molecular flexibility index (Phi) is 6.44. The number of hydrogen-bond acceptors (Lipinski definition) is 6. The number of halogens is 2. The normalized spacial score (nSPS) is 17.6. The van der Waals surface area contributed by atoms with Crippen LogP contribution in [0.1, 0.15) is 36.3 Å². The number of Topliss-reactive ketones (excluding diaryl/α,β-unsaturated/α-hetero) is 1. The number of aryl methyl sites for hydroxylation is 1. The third-order valence-electron chi connectivity index (χ3n) is 5.17. The second-order valence-corrected chi connectivity index (χ2v) is 8.33. The van der Waals surface area contributed by atoms with Gasteiger partial charge in [-0.3, -0.25) is 14.5 Å². The van der Waals surface area contributed by atoms with Gasteiger partial charge in [-0.2, -0.15) is 0 Å². The average Bonchev–Trinajstić information content (AvgIpc) is 3.34. The molecular formula is C24H20Cl2N2O5. The fraction of sp³-hybridized carbons (Fsp3) is 0.208. The van der Waals surface area contributed by atoms with Crippen LogP contribution in [0.5, 0.6) is 5.75 Å². The van der Waals surface area contributed by atoms with Gasteiger partial charge in [-0.25, -0.2) is 0 Å². The molecule has 2 heterocycles. The molecule has 0 aliphatic carbocycles. The van der Waals surface area contributed by atoms with Crippen LogP contribution in [0.15, 0.2) is 58.6 Å². The highest BCUT2D eigenvalue weighted by Crippen LogP contribution is 2.43. The molecule has 1 fully saturated rings. The van der Waals surface area contributed by atoms with Gasteiger partial charge in [0.1, 0.15) is 17.3 Å². The van der Waals surface area contributed by atoms with E-state index in [2.05, 4.69) is 5.16 Å². The lowest BCUT2D eigenvalue weighted by Crippen LogP contribution is -2.29. The third-order valence-corrected chi connectivity index (χ3v) is 5.91. The van der Waals surface area contributed by atoms with E-state index < -0.39 is 17.7 Å². The lowest BCUT2D eigenvalue weighted by molar-refractivity contribution is -0.132. The van der Waals surface area contributed by atoms with Crippen LogP contribution in [0.2, 0.25) is 10.0 Å². The number of amides is 1. The molecule has 0 radical (unpaired) electrons. The molecule has 1 amide bonds. The summed E-state index contributed by atoms with van der Waals surface area (Å²) >= 11 is 12.3. The van der Waals surface area contributed by atoms with Gasteiger partial charge in [-0.15, -0.1) is 0 Å². The van der Waals surface area contributed by atoms with Crippen molar-refractivity contribution in [1.82, 2.24) is 5.16 Å². The largest absolute Gasteiger partial charge is 0.507 e. The van der Waals surface area contributed by atoms with Gasteiger partial charge in [0.15, 0.2) is 5.82 Å². The minimum absolute atomic E-state index is 0.0960. The van der Waals surface area contributed by atoms with Crippen molar-refractivity contribution in [3.05, 3.63) is 81.0 Å². The van der Waals surface area contributed by atoms with Crippen LogP contribution in [0.4, 0.5) is 5.82 Å². The fourth-order valence-electron chi connectivity index (χ4n) is 3.62. The number of ether oxygens (including phenoxy) is 1. The van der Waals surface area contributed by atoms with Crippen LogP contribution in [0.25, 0.3) is 5.76 Å². The van der Waals surface area contributed by atoms with E-state index >= 15 is 0 Å². The molecule has 33 heavy (non-hydrogen) atoms. The van der Waals surface area contributed by atoms with E-state index in [9.17, 15) is 14.7 Å². The number of anilines is 1. The van der Waals surface area contributed by atoms with Gasteiger partial charge in [0.2, 0.25) is 0 Å². The van der Waals surface area contributed by atoms with Crippen LogP contribution < -0.4 is 9.64 Å². The molecular weight excluding hydrogens is 467 g/mol. The Morgan fingerprint density at radius 2 is 1.85 bits per heavy atom. The number of rotatable bonds is 6. The van der Waals surface area contributed by atoms with Crippen LogP contribution in [0.3, 0.4) is 0 Å². The van der Waals surface area contributed by atoms with E-state index in [1.54, 1.807) is 49.4 Å². The van der Waals surface area contributed by atoms with Crippen molar-refractivity contribution in [3.63, 3.8) is 0 Å². The van der Waals surface area contributed by atoms with Gasteiger partial charge < -0.3 is 14.4 Å². The molecule has 0 bridgehead atoms. The second kappa shape index (κ2) is 9.29. The minimum Gasteiger partial charge on any atom is -0.507 e. The van der Waals surface area contributed by atoms with Gasteiger partial charge in [0, 0.05) is 11.6 Å². The Labute approximate surface area is 200 Å². The summed E-state index contributed by atoms with van der Waals surface area (Å²) < 4.78 is 10.7. The van der Waals surface area contributed by atoms with E-state index in [1.807, 2.05) is 6.92 Å². The van der Waals surface area contributed by atoms with Crippen LogP contribution >= 0.6 is 23.2 Å². The van der Waals surface area contributed by atoms with Crippen molar-refractivity contribution in [1.29, 1.82) is 0 Å². The number of nitrogens with zero attached hydrogens (tertiary/aromatic N) is 2. The highest BCUT2D eigenvalue weighted by molar-refractivity contribution is 6.51. The molecule has 1 aliphatic rings. The lowest BCUT2D eigenvalue weighted by Gasteiger charge is -2.23. The zero-order valence-corrected chi connectivity index (χ0v) is 19.4. The second-order valence-electron chi connectivity index (χ2n) is 7.51. The molecule has 170 valence electrons. The Bertz CT molecular complexity index is 1250. The fourth-order valence-corrected chi connectivity index (χ4v) is 3.92. The zero-order valence-electron chi connectivity index (χ0n) is 17.8. The highest BCUT2D eigenvalue weighted by atomic mass is 35.5. The number of carbonyl (C=O) groups is 2. The molecule has 4 rings (SSSR count). The van der Waals surface area contributed by atoms with Crippen molar-refractivity contribution in [2.45, 2.75) is 26.3 Å². The summed E-state index contributed by atoms with van der Waals surface area (Å²) in [6.07, 6.45) is 0.857. The number of benzene rings is 2. The predicted molar refractivity (Wildman–Crippen MR) is 125 cm³/mol. The number of aromatic nitrogens is 1. The Morgan fingerprint density at radius 3 is 2.45 bits per heavy atom. The standard InChI is InChI=1S/C24H20Cl2N2O5/c1-3-10-32-16-7-4-14(5-8-16)22(29)20-21(15-6-9-17(25)18(26)12-15)28(24(31)23(20)30)19-11-13(2)33-27-19/h4-9,11-12,21,29H,3,10H2,1-2H3/t21-/m0/s1. The van der Waals surface area contributed by atoms with E-state index in [4.69, 9.17) is 32.5 Å². The summed E-state index contributed by atoms with van der Waals surface area (Å²) in [5, 5.41) is 15.6. The van der Waals surface area contributed by atoms with Gasteiger partial charge in [-0.05, 0) is 55.3 Å². The Hall–Kier alpha value is -3.29. The summed E-state index contributed by atoms with van der Waals surface area (Å²) in [5.41, 5.74) is 0.744. The first-order valence-electron chi connectivity index (χ1n) is 10.2. The number of hydrogen-bond donors (Lipinski definition) is 1. The third kappa shape index (κ3) is 4.34. The summed E-state index contributed by atoms with van der Waals surface area (Å²) in [5.74, 6) is -0.781. The number of aliphatic hydroxyl groups is 1. The number of ketones is 1. The smallest absolute Gasteiger partial charge is 0.301 e. The van der Waals surface area contributed by atoms with Gasteiger partial charge >= 0.3 is 5.91 Å². The molecule has 1 aliphatic heterocycles. The molecule has 3 aromatic rings. The lowest BCUT2D eigenvalue weighted by atomic mass is 9.95. The zero-order chi connectivity index (χ0) is 23.7. The Morgan fingerprint density at radius 1 is 1.12 bits per heavy atom. The molecule has 7 nitrogen and oxygen atoms in total. The number of carbonyl (C=O) groups excluding carboxylic acids is 2. The quantitative estimate of drug-likeness (QED) is 0.272.